The zero-order valence-electron chi connectivity index (χ0n) is 12.7. The number of aryl methyl sites for hydroxylation is 2. The lowest BCUT2D eigenvalue weighted by Gasteiger charge is -2.08. The Balaban J connectivity index is 2.11. The lowest BCUT2D eigenvalue weighted by atomic mass is 10.0. The summed E-state index contributed by atoms with van der Waals surface area (Å²) in [5, 5.41) is 0.785. The molecule has 0 saturated carbocycles. The van der Waals surface area contributed by atoms with Gasteiger partial charge < -0.3 is 0 Å². The quantitative estimate of drug-likeness (QED) is 0.917. The zero-order chi connectivity index (χ0) is 15.6. The number of thiazole rings is 1. The second kappa shape index (κ2) is 6.25. The number of hydrogen-bond acceptors (Lipinski definition) is 4. The molecule has 1 heterocycles. The van der Waals surface area contributed by atoms with Crippen LogP contribution in [0.1, 0.15) is 40.9 Å². The Kier molecular flexibility index (Phi) is 4.81. The van der Waals surface area contributed by atoms with Crippen LogP contribution in [0.15, 0.2) is 29.2 Å². The molecule has 21 heavy (non-hydrogen) atoms. The predicted molar refractivity (Wildman–Crippen MR) is 86.1 cm³/mol. The molecule has 1 N–H and O–H groups in total. The number of sulfonamides is 1. The van der Waals surface area contributed by atoms with Crippen LogP contribution >= 0.6 is 11.3 Å². The molecule has 114 valence electrons. The van der Waals surface area contributed by atoms with Crippen molar-refractivity contribution in [1.29, 1.82) is 0 Å². The topological polar surface area (TPSA) is 59.1 Å². The van der Waals surface area contributed by atoms with E-state index in [1.165, 1.54) is 11.3 Å². The minimum Gasteiger partial charge on any atom is -0.245 e. The monoisotopic (exact) mass is 324 g/mol. The third kappa shape index (κ3) is 3.90. The summed E-state index contributed by atoms with van der Waals surface area (Å²) in [7, 11) is -3.49. The molecule has 2 aromatic rings. The molecule has 0 amide bonds. The Bertz CT molecular complexity index is 697. The summed E-state index contributed by atoms with van der Waals surface area (Å²) in [6, 6.07) is 7.01. The van der Waals surface area contributed by atoms with Crippen LogP contribution < -0.4 is 4.72 Å². The van der Waals surface area contributed by atoms with Gasteiger partial charge in [0, 0.05) is 4.88 Å². The molecule has 1 aromatic heterocycles. The van der Waals surface area contributed by atoms with Crippen molar-refractivity contribution in [1.82, 2.24) is 9.71 Å². The van der Waals surface area contributed by atoms with E-state index >= 15 is 0 Å². The SMILES string of the molecule is Cc1nc(CNS(=O)(=O)c2ccc(C(C)C)cc2)sc1C. The van der Waals surface area contributed by atoms with Gasteiger partial charge in [-0.05, 0) is 37.5 Å². The maximum atomic E-state index is 12.2. The summed E-state index contributed by atoms with van der Waals surface area (Å²) in [5.41, 5.74) is 2.08. The molecule has 0 atom stereocenters. The van der Waals surface area contributed by atoms with Crippen LogP contribution in [0.2, 0.25) is 0 Å². The number of benzene rings is 1. The van der Waals surface area contributed by atoms with Crippen molar-refractivity contribution in [3.63, 3.8) is 0 Å². The highest BCUT2D eigenvalue weighted by atomic mass is 32.2. The Morgan fingerprint density at radius 2 is 1.81 bits per heavy atom. The van der Waals surface area contributed by atoms with Crippen LogP contribution in [0, 0.1) is 13.8 Å². The largest absolute Gasteiger partial charge is 0.245 e. The van der Waals surface area contributed by atoms with Gasteiger partial charge in [-0.15, -0.1) is 11.3 Å². The summed E-state index contributed by atoms with van der Waals surface area (Å²) < 4.78 is 27.1. The van der Waals surface area contributed by atoms with Crippen LogP contribution in [-0.4, -0.2) is 13.4 Å². The summed E-state index contributed by atoms with van der Waals surface area (Å²) in [6.07, 6.45) is 0. The molecule has 0 fully saturated rings. The molecule has 0 spiro atoms. The number of nitrogens with zero attached hydrogens (tertiary/aromatic N) is 1. The molecule has 0 aliphatic carbocycles. The van der Waals surface area contributed by atoms with Crippen LogP contribution in [-0.2, 0) is 16.6 Å². The van der Waals surface area contributed by atoms with E-state index in [2.05, 4.69) is 23.6 Å². The fraction of sp³-hybridized carbons (Fsp3) is 0.400. The van der Waals surface area contributed by atoms with E-state index in [4.69, 9.17) is 0 Å². The summed E-state index contributed by atoms with van der Waals surface area (Å²) >= 11 is 1.52. The lowest BCUT2D eigenvalue weighted by Crippen LogP contribution is -2.23. The summed E-state index contributed by atoms with van der Waals surface area (Å²) in [4.78, 5) is 5.74. The third-order valence-corrected chi connectivity index (χ3v) is 5.83. The molecule has 0 aliphatic heterocycles. The summed E-state index contributed by atoms with van der Waals surface area (Å²) in [5.74, 6) is 0.385. The van der Waals surface area contributed by atoms with Crippen molar-refractivity contribution < 1.29 is 8.42 Å². The van der Waals surface area contributed by atoms with Gasteiger partial charge in [-0.3, -0.25) is 0 Å². The van der Waals surface area contributed by atoms with Gasteiger partial charge in [0.25, 0.3) is 0 Å². The maximum Gasteiger partial charge on any atom is 0.240 e. The molecule has 4 nitrogen and oxygen atoms in total. The van der Waals surface area contributed by atoms with E-state index in [1.54, 1.807) is 12.1 Å². The van der Waals surface area contributed by atoms with E-state index in [1.807, 2.05) is 26.0 Å². The molecule has 1 aromatic carbocycles. The van der Waals surface area contributed by atoms with Gasteiger partial charge in [-0.2, -0.15) is 0 Å². The minimum absolute atomic E-state index is 0.230. The van der Waals surface area contributed by atoms with Crippen molar-refractivity contribution in [2.75, 3.05) is 0 Å². The molecule has 6 heteroatoms. The highest BCUT2D eigenvalue weighted by molar-refractivity contribution is 7.89. The molecule has 0 radical (unpaired) electrons. The Labute approximate surface area is 130 Å². The first-order valence-corrected chi connectivity index (χ1v) is 9.12. The van der Waals surface area contributed by atoms with Crippen molar-refractivity contribution >= 4 is 21.4 Å². The van der Waals surface area contributed by atoms with Gasteiger partial charge in [0.15, 0.2) is 0 Å². The minimum atomic E-state index is -3.49. The van der Waals surface area contributed by atoms with E-state index < -0.39 is 10.0 Å². The Morgan fingerprint density at radius 3 is 2.29 bits per heavy atom. The Morgan fingerprint density at radius 1 is 1.19 bits per heavy atom. The number of aromatic nitrogens is 1. The first kappa shape index (κ1) is 16.1. The van der Waals surface area contributed by atoms with Gasteiger partial charge >= 0.3 is 0 Å². The van der Waals surface area contributed by atoms with Gasteiger partial charge in [-0.1, -0.05) is 26.0 Å². The molecular weight excluding hydrogens is 304 g/mol. The standard InChI is InChI=1S/C15H20N2O2S2/c1-10(2)13-5-7-14(8-6-13)21(18,19)16-9-15-17-11(3)12(4)20-15/h5-8,10,16H,9H2,1-4H3. The van der Waals surface area contributed by atoms with Crippen molar-refractivity contribution in [3.05, 3.63) is 45.4 Å². The number of nitrogens with one attached hydrogen (secondary N) is 1. The van der Waals surface area contributed by atoms with Crippen LogP contribution in [0.25, 0.3) is 0 Å². The fourth-order valence-corrected chi connectivity index (χ4v) is 3.84. The predicted octanol–water partition coefficient (Wildman–Crippen LogP) is 3.36. The molecule has 0 saturated heterocycles. The van der Waals surface area contributed by atoms with Gasteiger partial charge in [0.2, 0.25) is 10.0 Å². The van der Waals surface area contributed by atoms with Gasteiger partial charge in [0.05, 0.1) is 17.1 Å². The highest BCUT2D eigenvalue weighted by Crippen LogP contribution is 2.19. The molecule has 0 aliphatic rings. The zero-order valence-corrected chi connectivity index (χ0v) is 14.3. The molecule has 0 unspecified atom stereocenters. The van der Waals surface area contributed by atoms with Gasteiger partial charge in [0.1, 0.15) is 5.01 Å². The smallest absolute Gasteiger partial charge is 0.240 e. The van der Waals surface area contributed by atoms with E-state index in [-0.39, 0.29) is 11.4 Å². The van der Waals surface area contributed by atoms with Crippen molar-refractivity contribution in [2.24, 2.45) is 0 Å². The second-order valence-corrected chi connectivity index (χ2v) is 8.35. The highest BCUT2D eigenvalue weighted by Gasteiger charge is 2.15. The number of hydrogen-bond donors (Lipinski definition) is 1. The molecular formula is C15H20N2O2S2. The van der Waals surface area contributed by atoms with Crippen molar-refractivity contribution in [2.45, 2.75) is 45.1 Å². The van der Waals surface area contributed by atoms with E-state index in [0.29, 0.717) is 5.92 Å². The Hall–Kier alpha value is -1.24. The third-order valence-electron chi connectivity index (χ3n) is 3.34. The van der Waals surface area contributed by atoms with Crippen LogP contribution in [0.3, 0.4) is 0 Å². The average Bonchev–Trinajstić information content (AvgIpc) is 2.76. The van der Waals surface area contributed by atoms with Crippen LogP contribution in [0.5, 0.6) is 0 Å². The first-order chi connectivity index (χ1) is 9.79. The van der Waals surface area contributed by atoms with E-state index in [9.17, 15) is 8.42 Å². The average molecular weight is 324 g/mol. The van der Waals surface area contributed by atoms with E-state index in [0.717, 1.165) is 21.1 Å². The maximum absolute atomic E-state index is 12.2. The van der Waals surface area contributed by atoms with Crippen LogP contribution in [0.4, 0.5) is 0 Å². The normalized spacial score (nSPS) is 12.0. The van der Waals surface area contributed by atoms with Gasteiger partial charge in [-0.25, -0.2) is 18.1 Å². The number of rotatable bonds is 5. The van der Waals surface area contributed by atoms with Crippen molar-refractivity contribution in [3.8, 4) is 0 Å². The first-order valence-electron chi connectivity index (χ1n) is 6.82. The molecule has 2 rings (SSSR count). The lowest BCUT2D eigenvalue weighted by molar-refractivity contribution is 0.581. The second-order valence-electron chi connectivity index (χ2n) is 5.30. The fourth-order valence-electron chi connectivity index (χ4n) is 1.89. The summed E-state index contributed by atoms with van der Waals surface area (Å²) in [6.45, 7) is 8.29. The molecule has 0 bridgehead atoms.